The van der Waals surface area contributed by atoms with Gasteiger partial charge in [-0.05, 0) is 28.8 Å². The van der Waals surface area contributed by atoms with Crippen LogP contribution >= 0.6 is 11.6 Å². The van der Waals surface area contributed by atoms with Gasteiger partial charge < -0.3 is 10.0 Å². The molecule has 4 heteroatoms. The summed E-state index contributed by atoms with van der Waals surface area (Å²) in [4.78, 5) is 12.4. The van der Waals surface area contributed by atoms with Crippen LogP contribution < -0.4 is 0 Å². The van der Waals surface area contributed by atoms with E-state index >= 15 is 0 Å². The van der Waals surface area contributed by atoms with Gasteiger partial charge in [0.05, 0.1) is 6.61 Å². The second kappa shape index (κ2) is 7.08. The van der Waals surface area contributed by atoms with Crippen molar-refractivity contribution >= 4 is 18.0 Å². The summed E-state index contributed by atoms with van der Waals surface area (Å²) in [5.74, 6) is 0. The summed E-state index contributed by atoms with van der Waals surface area (Å²) in [5, 5.41) is 9.57. The number of nitrogens with zero attached hydrogens (tertiary/aromatic N) is 1. The molecule has 104 valence electrons. The molecule has 2 rings (SSSR count). The number of carbonyl (C=O) groups is 1. The molecule has 0 spiro atoms. The van der Waals surface area contributed by atoms with Gasteiger partial charge in [-0.15, -0.1) is 0 Å². The molecule has 20 heavy (non-hydrogen) atoms. The third kappa shape index (κ3) is 3.83. The van der Waals surface area contributed by atoms with E-state index in [-0.39, 0.29) is 6.61 Å². The van der Waals surface area contributed by atoms with E-state index < -0.39 is 0 Å². The van der Waals surface area contributed by atoms with Crippen molar-refractivity contribution in [2.75, 3.05) is 13.2 Å². The molecule has 0 aliphatic carbocycles. The molecule has 2 aromatic carbocycles. The Hall–Kier alpha value is -1.84. The Labute approximate surface area is 123 Å². The summed E-state index contributed by atoms with van der Waals surface area (Å²) in [6.45, 7) is 0.828. The maximum atomic E-state index is 10.8. The Balaban J connectivity index is 2.09. The van der Waals surface area contributed by atoms with Crippen molar-refractivity contribution in [3.63, 3.8) is 0 Å². The highest BCUT2D eigenvalue weighted by Gasteiger charge is 2.03. The molecule has 0 saturated carbocycles. The fourth-order valence-corrected chi connectivity index (χ4v) is 2.10. The van der Waals surface area contributed by atoms with Crippen molar-refractivity contribution < 1.29 is 9.90 Å². The first-order valence-corrected chi connectivity index (χ1v) is 6.76. The van der Waals surface area contributed by atoms with Crippen LogP contribution in [0.1, 0.15) is 5.56 Å². The lowest BCUT2D eigenvalue weighted by Gasteiger charge is -2.16. The Kier molecular flexibility index (Phi) is 5.16. The molecular weight excluding hydrogens is 274 g/mol. The van der Waals surface area contributed by atoms with E-state index in [9.17, 15) is 4.79 Å². The zero-order valence-electron chi connectivity index (χ0n) is 11.0. The number of hydrogen-bond donors (Lipinski definition) is 1. The van der Waals surface area contributed by atoms with Crippen molar-refractivity contribution in [2.45, 2.75) is 6.54 Å². The Morgan fingerprint density at radius 3 is 2.05 bits per heavy atom. The molecule has 2 aromatic rings. The van der Waals surface area contributed by atoms with Crippen molar-refractivity contribution in [3.8, 4) is 11.1 Å². The average Bonchev–Trinajstić information content (AvgIpc) is 2.48. The van der Waals surface area contributed by atoms with Crippen molar-refractivity contribution in [1.82, 2.24) is 4.90 Å². The van der Waals surface area contributed by atoms with Gasteiger partial charge in [0.15, 0.2) is 0 Å². The summed E-state index contributed by atoms with van der Waals surface area (Å²) in [5.41, 5.74) is 3.23. The lowest BCUT2D eigenvalue weighted by Crippen LogP contribution is -2.24. The van der Waals surface area contributed by atoms with E-state index in [1.807, 2.05) is 48.5 Å². The molecule has 0 aromatic heterocycles. The lowest BCUT2D eigenvalue weighted by atomic mass is 10.0. The van der Waals surface area contributed by atoms with Gasteiger partial charge in [-0.3, -0.25) is 4.79 Å². The lowest BCUT2D eigenvalue weighted by molar-refractivity contribution is -0.119. The zero-order valence-corrected chi connectivity index (χ0v) is 11.8. The summed E-state index contributed by atoms with van der Waals surface area (Å²) in [7, 11) is 0. The van der Waals surface area contributed by atoms with Crippen LogP contribution in [-0.4, -0.2) is 29.6 Å². The molecule has 3 nitrogen and oxygen atoms in total. The molecular formula is C16H16ClNO2. The predicted molar refractivity (Wildman–Crippen MR) is 80.4 cm³/mol. The normalized spacial score (nSPS) is 10.3. The minimum atomic E-state index is -0.0262. The Morgan fingerprint density at radius 1 is 1.00 bits per heavy atom. The summed E-state index contributed by atoms with van der Waals surface area (Å²) >= 11 is 5.87. The molecule has 0 bridgehead atoms. The third-order valence-corrected chi connectivity index (χ3v) is 3.31. The molecule has 1 amide bonds. The molecule has 0 atom stereocenters. The zero-order chi connectivity index (χ0) is 14.4. The third-order valence-electron chi connectivity index (χ3n) is 3.05. The number of carbonyl (C=O) groups excluding carboxylic acids is 1. The van der Waals surface area contributed by atoms with Gasteiger partial charge >= 0.3 is 0 Å². The van der Waals surface area contributed by atoms with Gasteiger partial charge in [-0.1, -0.05) is 48.0 Å². The van der Waals surface area contributed by atoms with E-state index in [1.54, 1.807) is 0 Å². The van der Waals surface area contributed by atoms with Crippen LogP contribution in [0, 0.1) is 0 Å². The van der Waals surface area contributed by atoms with Gasteiger partial charge in [0.1, 0.15) is 0 Å². The number of hydrogen-bond acceptors (Lipinski definition) is 2. The van der Waals surface area contributed by atoms with Crippen LogP contribution in [0.2, 0.25) is 5.02 Å². The second-order valence-corrected chi connectivity index (χ2v) is 4.94. The van der Waals surface area contributed by atoms with E-state index in [0.717, 1.165) is 28.1 Å². The summed E-state index contributed by atoms with van der Waals surface area (Å²) in [6, 6.07) is 15.7. The predicted octanol–water partition coefficient (Wildman–Crippen LogP) is 2.96. The first-order valence-electron chi connectivity index (χ1n) is 6.38. The van der Waals surface area contributed by atoms with Crippen molar-refractivity contribution in [1.29, 1.82) is 0 Å². The van der Waals surface area contributed by atoms with E-state index in [1.165, 1.54) is 4.90 Å². The second-order valence-electron chi connectivity index (χ2n) is 4.50. The molecule has 0 heterocycles. The smallest absolute Gasteiger partial charge is 0.210 e. The SMILES string of the molecule is O=CN(CCO)Cc1ccc(-c2ccc(Cl)cc2)cc1. The molecule has 0 aliphatic heterocycles. The van der Waals surface area contributed by atoms with Crippen molar-refractivity contribution in [3.05, 3.63) is 59.1 Å². The van der Waals surface area contributed by atoms with Crippen LogP contribution in [0.15, 0.2) is 48.5 Å². The standard InChI is InChI=1S/C16H16ClNO2/c17-16-7-5-15(6-8-16)14-3-1-13(2-4-14)11-18(12-20)9-10-19/h1-8,12,19H,9-11H2. The molecule has 0 unspecified atom stereocenters. The molecule has 0 aliphatic rings. The number of benzene rings is 2. The highest BCUT2D eigenvalue weighted by molar-refractivity contribution is 6.30. The number of aliphatic hydroxyl groups excluding tert-OH is 1. The number of aliphatic hydroxyl groups is 1. The van der Waals surface area contributed by atoms with Gasteiger partial charge in [0, 0.05) is 18.1 Å². The maximum Gasteiger partial charge on any atom is 0.210 e. The average molecular weight is 290 g/mol. The summed E-state index contributed by atoms with van der Waals surface area (Å²) in [6.07, 6.45) is 0.753. The first kappa shape index (κ1) is 14.6. The van der Waals surface area contributed by atoms with Crippen LogP contribution in [0.25, 0.3) is 11.1 Å². The molecule has 1 N–H and O–H groups in total. The highest BCUT2D eigenvalue weighted by Crippen LogP contribution is 2.22. The Bertz CT molecular complexity index is 552. The maximum absolute atomic E-state index is 10.8. The minimum absolute atomic E-state index is 0.0262. The van der Waals surface area contributed by atoms with Gasteiger partial charge in [0.2, 0.25) is 6.41 Å². The highest BCUT2D eigenvalue weighted by atomic mass is 35.5. The largest absolute Gasteiger partial charge is 0.395 e. The van der Waals surface area contributed by atoms with Gasteiger partial charge in [-0.25, -0.2) is 0 Å². The number of halogens is 1. The fourth-order valence-electron chi connectivity index (χ4n) is 1.98. The van der Waals surface area contributed by atoms with Crippen LogP contribution in [0.5, 0.6) is 0 Å². The minimum Gasteiger partial charge on any atom is -0.395 e. The number of amides is 1. The van der Waals surface area contributed by atoms with E-state index in [2.05, 4.69) is 0 Å². The van der Waals surface area contributed by atoms with E-state index in [0.29, 0.717) is 13.1 Å². The quantitative estimate of drug-likeness (QED) is 0.831. The topological polar surface area (TPSA) is 40.5 Å². The van der Waals surface area contributed by atoms with Crippen LogP contribution in [0.3, 0.4) is 0 Å². The van der Waals surface area contributed by atoms with Crippen LogP contribution in [-0.2, 0) is 11.3 Å². The molecule has 0 saturated heterocycles. The summed E-state index contributed by atoms with van der Waals surface area (Å²) < 4.78 is 0. The monoisotopic (exact) mass is 289 g/mol. The van der Waals surface area contributed by atoms with Gasteiger partial charge in [-0.2, -0.15) is 0 Å². The van der Waals surface area contributed by atoms with Crippen LogP contribution in [0.4, 0.5) is 0 Å². The fraction of sp³-hybridized carbons (Fsp3) is 0.188. The number of rotatable bonds is 6. The molecule has 0 fully saturated rings. The van der Waals surface area contributed by atoms with E-state index in [4.69, 9.17) is 16.7 Å². The Morgan fingerprint density at radius 2 is 1.55 bits per heavy atom. The van der Waals surface area contributed by atoms with Gasteiger partial charge in [0.25, 0.3) is 0 Å². The first-order chi connectivity index (χ1) is 9.72. The molecule has 0 radical (unpaired) electrons. The van der Waals surface area contributed by atoms with Crippen molar-refractivity contribution in [2.24, 2.45) is 0 Å².